The number of halogens is 1. The first-order valence-electron chi connectivity index (χ1n) is 10.4. The summed E-state index contributed by atoms with van der Waals surface area (Å²) in [6, 6.07) is 16.2. The zero-order valence-corrected chi connectivity index (χ0v) is 17.8. The van der Waals surface area contributed by atoms with Gasteiger partial charge in [-0.15, -0.1) is 0 Å². The molecule has 2 aliphatic heterocycles. The molecule has 2 saturated heterocycles. The predicted molar refractivity (Wildman–Crippen MR) is 117 cm³/mol. The lowest BCUT2D eigenvalue weighted by atomic mass is 9.85. The smallest absolute Gasteiger partial charge is 0.227 e. The normalized spacial score (nSPS) is 26.4. The molecule has 156 valence electrons. The second kappa shape index (κ2) is 9.03. The number of benzene rings is 1. The fourth-order valence-corrected chi connectivity index (χ4v) is 4.81. The Morgan fingerprint density at radius 2 is 2.00 bits per heavy atom. The van der Waals surface area contributed by atoms with Crippen LogP contribution in [0.15, 0.2) is 48.7 Å². The molecule has 1 aromatic heterocycles. The van der Waals surface area contributed by atoms with Gasteiger partial charge in [0.25, 0.3) is 0 Å². The van der Waals surface area contributed by atoms with E-state index in [1.807, 2.05) is 54.4 Å². The molecule has 0 radical (unpaired) electrons. The van der Waals surface area contributed by atoms with Crippen LogP contribution in [-0.2, 0) is 4.79 Å². The quantitative estimate of drug-likeness (QED) is 0.818. The maximum absolute atomic E-state index is 13.4. The van der Waals surface area contributed by atoms with Crippen LogP contribution in [0, 0.1) is 23.2 Å². The maximum Gasteiger partial charge on any atom is 0.227 e. The Bertz CT molecular complexity index is 913. The molecule has 4 rings (SSSR count). The van der Waals surface area contributed by atoms with E-state index in [1.54, 1.807) is 6.20 Å². The van der Waals surface area contributed by atoms with E-state index in [9.17, 15) is 10.1 Å². The van der Waals surface area contributed by atoms with Crippen LogP contribution in [0.1, 0.15) is 17.9 Å². The molecule has 0 aliphatic carbocycles. The van der Waals surface area contributed by atoms with Gasteiger partial charge in [-0.05, 0) is 43.3 Å². The fourth-order valence-electron chi connectivity index (χ4n) is 4.69. The number of nitrogens with one attached hydrogen (secondary N) is 1. The van der Waals surface area contributed by atoms with Gasteiger partial charge >= 0.3 is 0 Å². The maximum atomic E-state index is 13.4. The highest BCUT2D eigenvalue weighted by atomic mass is 35.5. The lowest BCUT2D eigenvalue weighted by Crippen LogP contribution is -2.47. The molecule has 2 unspecified atom stereocenters. The summed E-state index contributed by atoms with van der Waals surface area (Å²) in [5, 5.41) is 13.8. The van der Waals surface area contributed by atoms with Gasteiger partial charge in [0, 0.05) is 49.4 Å². The zero-order valence-electron chi connectivity index (χ0n) is 17.0. The molecule has 6 nitrogen and oxygen atoms in total. The Morgan fingerprint density at radius 3 is 2.67 bits per heavy atom. The lowest BCUT2D eigenvalue weighted by Gasteiger charge is -2.37. The monoisotopic (exact) mass is 423 g/mol. The van der Waals surface area contributed by atoms with E-state index < -0.39 is 0 Å². The van der Waals surface area contributed by atoms with Gasteiger partial charge in [-0.1, -0.05) is 29.8 Å². The minimum atomic E-state index is -0.337. The molecule has 30 heavy (non-hydrogen) atoms. The van der Waals surface area contributed by atoms with Crippen LogP contribution in [0.4, 0.5) is 5.82 Å². The number of piperidine rings is 1. The predicted octanol–water partition coefficient (Wildman–Crippen LogP) is 2.92. The van der Waals surface area contributed by atoms with Crippen molar-refractivity contribution < 1.29 is 4.79 Å². The van der Waals surface area contributed by atoms with Crippen molar-refractivity contribution in [3.63, 3.8) is 0 Å². The van der Waals surface area contributed by atoms with Gasteiger partial charge < -0.3 is 15.1 Å². The molecule has 0 spiro atoms. The lowest BCUT2D eigenvalue weighted by molar-refractivity contribution is -0.136. The number of aromatic nitrogens is 1. The second-order valence-corrected chi connectivity index (χ2v) is 8.50. The number of anilines is 1. The highest BCUT2D eigenvalue weighted by molar-refractivity contribution is 6.30. The van der Waals surface area contributed by atoms with Gasteiger partial charge in [-0.3, -0.25) is 4.79 Å². The highest BCUT2D eigenvalue weighted by Gasteiger charge is 2.41. The van der Waals surface area contributed by atoms with E-state index in [-0.39, 0.29) is 29.7 Å². The number of likely N-dealkylation sites (N-methyl/N-ethyl adjacent to an activating group) is 1. The molecule has 2 aliphatic rings. The Morgan fingerprint density at radius 1 is 1.20 bits per heavy atom. The summed E-state index contributed by atoms with van der Waals surface area (Å²) in [5.41, 5.74) is 1.18. The topological polar surface area (TPSA) is 72.3 Å². The Hall–Kier alpha value is -2.62. The van der Waals surface area contributed by atoms with E-state index in [0.29, 0.717) is 31.1 Å². The second-order valence-electron chi connectivity index (χ2n) is 8.06. The standard InChI is InChI=1S/C23H26ClN5O/c1-26-21-15-29(14-20(21)16-5-7-18(24)8-6-16)23(30)19-9-11-28(13-17(19)12-25)22-4-2-3-10-27-22/h2-8,10,17,19-21,26H,9,11,13-15H2,1H3/t17?,19?,20-,21+/m0/s1. The fraction of sp³-hybridized carbons (Fsp3) is 0.435. The number of carbonyl (C=O) groups excluding carboxylic acids is 1. The minimum absolute atomic E-state index is 0.0962. The number of likely N-dealkylation sites (tertiary alicyclic amines) is 1. The minimum Gasteiger partial charge on any atom is -0.355 e. The summed E-state index contributed by atoms with van der Waals surface area (Å²) < 4.78 is 0. The van der Waals surface area contributed by atoms with Gasteiger partial charge in [0.2, 0.25) is 5.91 Å². The van der Waals surface area contributed by atoms with Crippen LogP contribution in [0.25, 0.3) is 0 Å². The van der Waals surface area contributed by atoms with Gasteiger partial charge in [0.1, 0.15) is 5.82 Å². The van der Waals surface area contributed by atoms with Crippen LogP contribution in [0.5, 0.6) is 0 Å². The van der Waals surface area contributed by atoms with E-state index in [4.69, 9.17) is 11.6 Å². The average Bonchev–Trinajstić information content (AvgIpc) is 3.24. The first-order valence-corrected chi connectivity index (χ1v) is 10.8. The van der Waals surface area contributed by atoms with E-state index in [0.717, 1.165) is 12.4 Å². The molecule has 0 saturated carbocycles. The van der Waals surface area contributed by atoms with Crippen molar-refractivity contribution in [2.75, 3.05) is 38.1 Å². The number of amides is 1. The average molecular weight is 424 g/mol. The van der Waals surface area contributed by atoms with Gasteiger partial charge in [-0.2, -0.15) is 5.26 Å². The Kier molecular flexibility index (Phi) is 6.21. The summed E-state index contributed by atoms with van der Waals surface area (Å²) >= 11 is 6.04. The Labute approximate surface area is 182 Å². The molecule has 1 aromatic carbocycles. The number of hydrogen-bond donors (Lipinski definition) is 1. The molecule has 4 atom stereocenters. The SMILES string of the molecule is CN[C@@H]1CN(C(=O)C2CCN(c3ccccn3)CC2C#N)C[C@H]1c1ccc(Cl)cc1. The van der Waals surface area contributed by atoms with E-state index >= 15 is 0 Å². The number of rotatable bonds is 4. The zero-order chi connectivity index (χ0) is 21.1. The van der Waals surface area contributed by atoms with Crippen molar-refractivity contribution in [3.05, 3.63) is 59.2 Å². The van der Waals surface area contributed by atoms with Gasteiger partial charge in [0.15, 0.2) is 0 Å². The number of hydrogen-bond acceptors (Lipinski definition) is 5. The first-order chi connectivity index (χ1) is 14.6. The van der Waals surface area contributed by atoms with Crippen molar-refractivity contribution in [2.24, 2.45) is 11.8 Å². The third-order valence-electron chi connectivity index (χ3n) is 6.37. The van der Waals surface area contributed by atoms with Crippen molar-refractivity contribution in [2.45, 2.75) is 18.4 Å². The van der Waals surface area contributed by atoms with Crippen LogP contribution in [0.3, 0.4) is 0 Å². The first kappa shape index (κ1) is 20.6. The summed E-state index contributed by atoms with van der Waals surface area (Å²) in [5.74, 6) is 0.569. The summed E-state index contributed by atoms with van der Waals surface area (Å²) in [6.07, 6.45) is 2.42. The van der Waals surface area contributed by atoms with Crippen LogP contribution in [-0.4, -0.2) is 55.1 Å². The molecule has 1 amide bonds. The number of nitrogens with zero attached hydrogens (tertiary/aromatic N) is 4. The molecule has 2 fully saturated rings. The molecule has 2 aromatic rings. The molecule has 1 N–H and O–H groups in total. The van der Waals surface area contributed by atoms with E-state index in [1.165, 1.54) is 5.56 Å². The molecule has 3 heterocycles. The van der Waals surface area contributed by atoms with Gasteiger partial charge in [0.05, 0.1) is 17.9 Å². The Balaban J connectivity index is 1.46. The highest BCUT2D eigenvalue weighted by Crippen LogP contribution is 2.33. The van der Waals surface area contributed by atoms with Crippen LogP contribution >= 0.6 is 11.6 Å². The van der Waals surface area contributed by atoms with Crippen LogP contribution in [0.2, 0.25) is 5.02 Å². The third-order valence-corrected chi connectivity index (χ3v) is 6.62. The van der Waals surface area contributed by atoms with E-state index in [2.05, 4.69) is 21.3 Å². The number of carbonyl (C=O) groups is 1. The third kappa shape index (κ3) is 4.14. The number of pyridine rings is 1. The number of nitriles is 1. The van der Waals surface area contributed by atoms with Crippen molar-refractivity contribution in [1.29, 1.82) is 5.26 Å². The van der Waals surface area contributed by atoms with Crippen LogP contribution < -0.4 is 10.2 Å². The van der Waals surface area contributed by atoms with Gasteiger partial charge in [-0.25, -0.2) is 4.98 Å². The van der Waals surface area contributed by atoms with Crippen molar-refractivity contribution in [1.82, 2.24) is 15.2 Å². The molecule has 7 heteroatoms. The largest absolute Gasteiger partial charge is 0.355 e. The molecular formula is C23H26ClN5O. The summed E-state index contributed by atoms with van der Waals surface area (Å²) in [4.78, 5) is 21.8. The molecular weight excluding hydrogens is 398 g/mol. The summed E-state index contributed by atoms with van der Waals surface area (Å²) in [6.45, 7) is 2.58. The summed E-state index contributed by atoms with van der Waals surface area (Å²) in [7, 11) is 1.94. The molecule has 0 bridgehead atoms. The van der Waals surface area contributed by atoms with Crippen molar-refractivity contribution in [3.8, 4) is 6.07 Å². The van der Waals surface area contributed by atoms with Crippen molar-refractivity contribution >= 4 is 23.3 Å².